The number of carbonyl (C=O) groups excluding carboxylic acids is 1. The second-order valence-electron chi connectivity index (χ2n) is 4.54. The van der Waals surface area contributed by atoms with Gasteiger partial charge in [0.15, 0.2) is 0 Å². The summed E-state index contributed by atoms with van der Waals surface area (Å²) in [7, 11) is 1.57. The minimum atomic E-state index is -0.316. The van der Waals surface area contributed by atoms with Crippen LogP contribution in [0.1, 0.15) is 22.8 Å². The van der Waals surface area contributed by atoms with Gasteiger partial charge < -0.3 is 9.47 Å². The third kappa shape index (κ3) is 4.72. The Morgan fingerprint density at radius 2 is 2.00 bits per heavy atom. The van der Waals surface area contributed by atoms with E-state index in [0.29, 0.717) is 34.3 Å². The number of carbonyl (C=O) groups is 1. The van der Waals surface area contributed by atoms with Gasteiger partial charge in [0.25, 0.3) is 5.91 Å². The maximum absolute atomic E-state index is 12.0. The van der Waals surface area contributed by atoms with Gasteiger partial charge in [-0.1, -0.05) is 11.6 Å². The van der Waals surface area contributed by atoms with Crippen molar-refractivity contribution in [1.82, 2.24) is 5.43 Å². The lowest BCUT2D eigenvalue weighted by Crippen LogP contribution is -2.17. The van der Waals surface area contributed by atoms with E-state index in [0.717, 1.165) is 0 Å². The SMILES string of the molecule is CCOc1ccc(Cl)cc1/C=N\NC(=O)c1ccc(OC)cc1. The molecule has 0 atom stereocenters. The third-order valence-electron chi connectivity index (χ3n) is 2.99. The lowest BCUT2D eigenvalue weighted by Gasteiger charge is -2.07. The molecule has 0 aromatic heterocycles. The number of nitrogens with zero attached hydrogens (tertiary/aromatic N) is 1. The number of methoxy groups -OCH3 is 1. The first-order valence-corrected chi connectivity index (χ1v) is 7.41. The summed E-state index contributed by atoms with van der Waals surface area (Å²) in [5.74, 6) is 1.02. The van der Waals surface area contributed by atoms with E-state index in [1.165, 1.54) is 6.21 Å². The lowest BCUT2D eigenvalue weighted by molar-refractivity contribution is 0.0955. The normalized spacial score (nSPS) is 10.6. The van der Waals surface area contributed by atoms with Crippen molar-refractivity contribution in [2.45, 2.75) is 6.92 Å². The molecule has 2 rings (SSSR count). The smallest absolute Gasteiger partial charge is 0.271 e. The first kappa shape index (κ1) is 16.8. The Morgan fingerprint density at radius 1 is 1.26 bits per heavy atom. The molecule has 0 saturated carbocycles. The Bertz CT molecular complexity index is 699. The molecular formula is C17H17ClN2O3. The molecule has 6 heteroatoms. The highest BCUT2D eigenvalue weighted by molar-refractivity contribution is 6.30. The predicted octanol–water partition coefficient (Wildman–Crippen LogP) is 3.51. The van der Waals surface area contributed by atoms with Gasteiger partial charge in [-0.25, -0.2) is 5.43 Å². The molecule has 0 aliphatic rings. The first-order valence-electron chi connectivity index (χ1n) is 7.04. The van der Waals surface area contributed by atoms with Crippen molar-refractivity contribution in [3.8, 4) is 11.5 Å². The Labute approximate surface area is 139 Å². The van der Waals surface area contributed by atoms with Crippen molar-refractivity contribution in [3.63, 3.8) is 0 Å². The van der Waals surface area contributed by atoms with Gasteiger partial charge in [-0.2, -0.15) is 5.10 Å². The molecule has 0 spiro atoms. The van der Waals surface area contributed by atoms with Crippen LogP contribution < -0.4 is 14.9 Å². The zero-order valence-corrected chi connectivity index (χ0v) is 13.6. The van der Waals surface area contributed by atoms with E-state index >= 15 is 0 Å². The van der Waals surface area contributed by atoms with Crippen molar-refractivity contribution in [3.05, 3.63) is 58.6 Å². The molecule has 2 aromatic rings. The molecule has 5 nitrogen and oxygen atoms in total. The summed E-state index contributed by atoms with van der Waals surface area (Å²) in [5, 5.41) is 4.52. The van der Waals surface area contributed by atoms with Gasteiger partial charge in [0.2, 0.25) is 0 Å². The average molecular weight is 333 g/mol. The monoisotopic (exact) mass is 332 g/mol. The molecule has 2 aromatic carbocycles. The summed E-state index contributed by atoms with van der Waals surface area (Å²) in [5.41, 5.74) is 3.64. The van der Waals surface area contributed by atoms with Crippen LogP contribution in [-0.4, -0.2) is 25.8 Å². The molecule has 0 radical (unpaired) electrons. The molecule has 0 fully saturated rings. The number of hydrogen-bond donors (Lipinski definition) is 1. The molecule has 1 N–H and O–H groups in total. The second-order valence-corrected chi connectivity index (χ2v) is 4.98. The molecule has 0 aliphatic carbocycles. The van der Waals surface area contributed by atoms with Gasteiger partial charge in [0.1, 0.15) is 11.5 Å². The molecule has 120 valence electrons. The Morgan fingerprint density at radius 3 is 2.65 bits per heavy atom. The molecule has 0 aliphatic heterocycles. The quantitative estimate of drug-likeness (QED) is 0.650. The van der Waals surface area contributed by atoms with Gasteiger partial charge >= 0.3 is 0 Å². The molecule has 1 amide bonds. The average Bonchev–Trinajstić information content (AvgIpc) is 2.57. The summed E-state index contributed by atoms with van der Waals surface area (Å²) >= 11 is 5.97. The fraction of sp³-hybridized carbons (Fsp3) is 0.176. The van der Waals surface area contributed by atoms with Crippen molar-refractivity contribution in [2.75, 3.05) is 13.7 Å². The highest BCUT2D eigenvalue weighted by Gasteiger charge is 2.05. The third-order valence-corrected chi connectivity index (χ3v) is 3.23. The molecule has 0 unspecified atom stereocenters. The van der Waals surface area contributed by atoms with E-state index in [-0.39, 0.29) is 5.91 Å². The topological polar surface area (TPSA) is 59.9 Å². The lowest BCUT2D eigenvalue weighted by atomic mass is 10.2. The number of nitrogens with one attached hydrogen (secondary N) is 1. The zero-order valence-electron chi connectivity index (χ0n) is 12.9. The van der Waals surface area contributed by atoms with Crippen molar-refractivity contribution < 1.29 is 14.3 Å². The molecule has 23 heavy (non-hydrogen) atoms. The first-order chi connectivity index (χ1) is 11.1. The molecule has 0 heterocycles. The number of hydrogen-bond acceptors (Lipinski definition) is 4. The largest absolute Gasteiger partial charge is 0.497 e. The number of halogens is 1. The van der Waals surface area contributed by atoms with Crippen LogP contribution in [0.25, 0.3) is 0 Å². The van der Waals surface area contributed by atoms with Gasteiger partial charge in [-0.15, -0.1) is 0 Å². The van der Waals surface area contributed by atoms with E-state index in [2.05, 4.69) is 10.5 Å². The van der Waals surface area contributed by atoms with Crippen molar-refractivity contribution in [1.29, 1.82) is 0 Å². The van der Waals surface area contributed by atoms with Crippen LogP contribution in [0.4, 0.5) is 0 Å². The summed E-state index contributed by atoms with van der Waals surface area (Å²) in [6, 6.07) is 12.0. The van der Waals surface area contributed by atoms with Crippen LogP contribution in [0.15, 0.2) is 47.6 Å². The van der Waals surface area contributed by atoms with Crippen LogP contribution in [0.2, 0.25) is 5.02 Å². The predicted molar refractivity (Wildman–Crippen MR) is 90.7 cm³/mol. The zero-order chi connectivity index (χ0) is 16.7. The summed E-state index contributed by atoms with van der Waals surface area (Å²) in [6.45, 7) is 2.42. The van der Waals surface area contributed by atoms with Crippen LogP contribution in [-0.2, 0) is 0 Å². The second kappa shape index (κ2) is 8.19. The van der Waals surface area contributed by atoms with E-state index in [1.807, 2.05) is 6.92 Å². The maximum Gasteiger partial charge on any atom is 0.271 e. The Hall–Kier alpha value is -2.53. The highest BCUT2D eigenvalue weighted by Crippen LogP contribution is 2.21. The van der Waals surface area contributed by atoms with Gasteiger partial charge in [0.05, 0.1) is 19.9 Å². The van der Waals surface area contributed by atoms with Crippen molar-refractivity contribution in [2.24, 2.45) is 5.10 Å². The number of rotatable bonds is 6. The van der Waals surface area contributed by atoms with Crippen LogP contribution in [0.5, 0.6) is 11.5 Å². The van der Waals surface area contributed by atoms with Gasteiger partial charge in [-0.05, 0) is 49.4 Å². The van der Waals surface area contributed by atoms with Gasteiger partial charge in [-0.3, -0.25) is 4.79 Å². The van der Waals surface area contributed by atoms with E-state index in [1.54, 1.807) is 49.6 Å². The summed E-state index contributed by atoms with van der Waals surface area (Å²) < 4.78 is 10.5. The standard InChI is InChI=1S/C17H17ClN2O3/c1-3-23-16-9-6-14(18)10-13(16)11-19-20-17(21)12-4-7-15(22-2)8-5-12/h4-11H,3H2,1-2H3,(H,20,21)/b19-11-. The van der Waals surface area contributed by atoms with Gasteiger partial charge in [0, 0.05) is 16.1 Å². The molecule has 0 saturated heterocycles. The number of amides is 1. The molecular weight excluding hydrogens is 316 g/mol. The van der Waals surface area contributed by atoms with Crippen LogP contribution in [0, 0.1) is 0 Å². The number of hydrazone groups is 1. The highest BCUT2D eigenvalue weighted by atomic mass is 35.5. The number of benzene rings is 2. The maximum atomic E-state index is 12.0. The van der Waals surface area contributed by atoms with Crippen LogP contribution in [0.3, 0.4) is 0 Å². The Kier molecular flexibility index (Phi) is 6.00. The summed E-state index contributed by atoms with van der Waals surface area (Å²) in [4.78, 5) is 12.0. The van der Waals surface area contributed by atoms with Crippen molar-refractivity contribution >= 4 is 23.7 Å². The number of ether oxygens (including phenoxy) is 2. The van der Waals surface area contributed by atoms with E-state index < -0.39 is 0 Å². The fourth-order valence-electron chi connectivity index (χ4n) is 1.87. The minimum absolute atomic E-state index is 0.316. The molecule has 0 bridgehead atoms. The fourth-order valence-corrected chi connectivity index (χ4v) is 2.06. The minimum Gasteiger partial charge on any atom is -0.497 e. The summed E-state index contributed by atoms with van der Waals surface area (Å²) in [6.07, 6.45) is 1.50. The van der Waals surface area contributed by atoms with E-state index in [4.69, 9.17) is 21.1 Å². The Balaban J connectivity index is 2.05. The van der Waals surface area contributed by atoms with E-state index in [9.17, 15) is 4.79 Å². The van der Waals surface area contributed by atoms with Crippen LogP contribution >= 0.6 is 11.6 Å².